The molecule has 0 atom stereocenters. The van der Waals surface area contributed by atoms with Gasteiger partial charge in [-0.25, -0.2) is 4.98 Å². The average Bonchev–Trinajstić information content (AvgIpc) is 3.14. The highest BCUT2D eigenvalue weighted by Gasteiger charge is 2.08. The van der Waals surface area contributed by atoms with Gasteiger partial charge in [0.2, 0.25) is 5.13 Å². The van der Waals surface area contributed by atoms with Gasteiger partial charge in [-0.3, -0.25) is 4.79 Å². The van der Waals surface area contributed by atoms with Crippen LogP contribution < -0.4 is 10.9 Å². The fourth-order valence-electron chi connectivity index (χ4n) is 1.72. The lowest BCUT2D eigenvalue weighted by Crippen LogP contribution is -2.09. The topological polar surface area (TPSA) is 92.8 Å². The van der Waals surface area contributed by atoms with Gasteiger partial charge in [-0.15, -0.1) is 21.5 Å². The van der Waals surface area contributed by atoms with Crippen molar-refractivity contribution < 1.29 is 4.74 Å². The molecule has 0 aliphatic rings. The number of hydrogen-bond acceptors (Lipinski definition) is 9. The summed E-state index contributed by atoms with van der Waals surface area (Å²) in [4.78, 5) is 19.1. The number of fused-ring (bicyclic) bond motifs is 1. The summed E-state index contributed by atoms with van der Waals surface area (Å²) in [5.41, 5.74) is 0.651. The third-order valence-corrected chi connectivity index (χ3v) is 5.61. The van der Waals surface area contributed by atoms with Crippen molar-refractivity contribution in [1.29, 1.82) is 0 Å². The standard InChI is InChI=1S/C12H13N5O2S3/c1-19-4-3-13-11-16-17-12(22-11)21-6-8-14-7-2-5-20-9(7)10(18)15-8/h2,5H,3-4,6H2,1H3,(H,13,16)(H,14,15,18). The fourth-order valence-corrected chi connectivity index (χ4v) is 4.09. The third kappa shape index (κ3) is 3.64. The molecule has 0 radical (unpaired) electrons. The van der Waals surface area contributed by atoms with Gasteiger partial charge in [0.05, 0.1) is 17.9 Å². The fraction of sp³-hybridized carbons (Fsp3) is 0.333. The summed E-state index contributed by atoms with van der Waals surface area (Å²) in [7, 11) is 1.65. The second-order valence-corrected chi connectivity index (χ2v) is 7.35. The van der Waals surface area contributed by atoms with Crippen LogP contribution in [0.1, 0.15) is 5.82 Å². The van der Waals surface area contributed by atoms with Crippen molar-refractivity contribution in [3.8, 4) is 0 Å². The van der Waals surface area contributed by atoms with Crippen LogP contribution in [0.5, 0.6) is 0 Å². The maximum Gasteiger partial charge on any atom is 0.268 e. The molecule has 116 valence electrons. The van der Waals surface area contributed by atoms with Crippen LogP contribution in [0.15, 0.2) is 20.6 Å². The first-order chi connectivity index (χ1) is 10.8. The Morgan fingerprint density at radius 3 is 3.23 bits per heavy atom. The largest absolute Gasteiger partial charge is 0.383 e. The van der Waals surface area contributed by atoms with Gasteiger partial charge in [0, 0.05) is 13.7 Å². The van der Waals surface area contributed by atoms with Crippen LogP contribution >= 0.6 is 34.4 Å². The smallest absolute Gasteiger partial charge is 0.268 e. The number of nitrogens with zero attached hydrogens (tertiary/aromatic N) is 3. The molecule has 22 heavy (non-hydrogen) atoms. The van der Waals surface area contributed by atoms with Crippen LogP contribution in [0.2, 0.25) is 0 Å². The summed E-state index contributed by atoms with van der Waals surface area (Å²) < 4.78 is 6.45. The molecule has 0 aliphatic carbocycles. The number of methoxy groups -OCH3 is 1. The number of ether oxygens (including phenoxy) is 1. The Morgan fingerprint density at radius 2 is 2.36 bits per heavy atom. The predicted molar refractivity (Wildman–Crippen MR) is 90.1 cm³/mol. The Balaban J connectivity index is 1.62. The Kier molecular flexibility index (Phi) is 5.03. The molecular weight excluding hydrogens is 342 g/mol. The summed E-state index contributed by atoms with van der Waals surface area (Å²) in [6, 6.07) is 1.85. The van der Waals surface area contributed by atoms with Crippen LogP contribution in [-0.4, -0.2) is 40.4 Å². The van der Waals surface area contributed by atoms with E-state index in [4.69, 9.17) is 4.74 Å². The first-order valence-corrected chi connectivity index (χ1v) is 9.10. The van der Waals surface area contributed by atoms with Crippen LogP contribution in [0, 0.1) is 0 Å². The zero-order chi connectivity index (χ0) is 15.4. The van der Waals surface area contributed by atoms with Gasteiger partial charge in [-0.2, -0.15) is 0 Å². The van der Waals surface area contributed by atoms with Gasteiger partial charge in [0.15, 0.2) is 4.34 Å². The van der Waals surface area contributed by atoms with E-state index < -0.39 is 0 Å². The van der Waals surface area contributed by atoms with E-state index in [1.807, 2.05) is 11.4 Å². The molecule has 3 aromatic rings. The number of thiophene rings is 1. The van der Waals surface area contributed by atoms with Gasteiger partial charge in [-0.1, -0.05) is 23.1 Å². The summed E-state index contributed by atoms with van der Waals surface area (Å²) in [6.07, 6.45) is 0. The average molecular weight is 355 g/mol. The zero-order valence-corrected chi connectivity index (χ0v) is 14.1. The molecule has 0 spiro atoms. The molecule has 0 aliphatic heterocycles. The van der Waals surface area contributed by atoms with E-state index in [2.05, 4.69) is 25.5 Å². The van der Waals surface area contributed by atoms with Gasteiger partial charge >= 0.3 is 0 Å². The predicted octanol–water partition coefficient (Wildman–Crippen LogP) is 2.19. The molecule has 0 aromatic carbocycles. The summed E-state index contributed by atoms with van der Waals surface area (Å²) in [5, 5.41) is 13.9. The number of H-pyrrole nitrogens is 1. The highest BCUT2D eigenvalue weighted by atomic mass is 32.2. The Hall–Kier alpha value is -1.49. The van der Waals surface area contributed by atoms with E-state index in [0.29, 0.717) is 29.4 Å². The monoisotopic (exact) mass is 355 g/mol. The minimum atomic E-state index is -0.0882. The minimum Gasteiger partial charge on any atom is -0.383 e. The van der Waals surface area contributed by atoms with E-state index in [1.54, 1.807) is 7.11 Å². The molecule has 0 fully saturated rings. The summed E-state index contributed by atoms with van der Waals surface area (Å²) in [6.45, 7) is 1.31. The molecule has 3 aromatic heterocycles. The summed E-state index contributed by atoms with van der Waals surface area (Å²) in [5.74, 6) is 1.19. The van der Waals surface area contributed by atoms with Crippen LogP contribution in [-0.2, 0) is 10.5 Å². The lowest BCUT2D eigenvalue weighted by atomic mass is 10.4. The van der Waals surface area contributed by atoms with Gasteiger partial charge in [-0.05, 0) is 11.4 Å². The first kappa shape index (κ1) is 15.4. The third-order valence-electron chi connectivity index (χ3n) is 2.69. The number of aromatic nitrogens is 4. The molecule has 0 amide bonds. The van der Waals surface area contributed by atoms with Crippen LogP contribution in [0.4, 0.5) is 5.13 Å². The van der Waals surface area contributed by atoms with Crippen molar-refractivity contribution in [2.75, 3.05) is 25.6 Å². The van der Waals surface area contributed by atoms with Crippen molar-refractivity contribution in [2.45, 2.75) is 10.1 Å². The van der Waals surface area contributed by atoms with Crippen molar-refractivity contribution in [3.05, 3.63) is 27.6 Å². The van der Waals surface area contributed by atoms with E-state index in [0.717, 1.165) is 15.0 Å². The van der Waals surface area contributed by atoms with Gasteiger partial charge in [0.25, 0.3) is 5.56 Å². The number of aromatic amines is 1. The maximum absolute atomic E-state index is 11.9. The molecule has 3 rings (SSSR count). The molecule has 0 saturated heterocycles. The van der Waals surface area contributed by atoms with Crippen molar-refractivity contribution in [3.63, 3.8) is 0 Å². The molecule has 7 nitrogen and oxygen atoms in total. The Labute approximate surface area is 138 Å². The lowest BCUT2D eigenvalue weighted by Gasteiger charge is -1.99. The van der Waals surface area contributed by atoms with Gasteiger partial charge < -0.3 is 15.0 Å². The second-order valence-electron chi connectivity index (χ2n) is 4.23. The maximum atomic E-state index is 11.9. The molecule has 3 heterocycles. The number of nitrogens with one attached hydrogen (secondary N) is 2. The number of hydrogen-bond donors (Lipinski definition) is 2. The van der Waals surface area contributed by atoms with Crippen LogP contribution in [0.3, 0.4) is 0 Å². The zero-order valence-electron chi connectivity index (χ0n) is 11.7. The molecular formula is C12H13N5O2S3. The summed E-state index contributed by atoms with van der Waals surface area (Å²) >= 11 is 4.36. The molecule has 0 saturated carbocycles. The Morgan fingerprint density at radius 1 is 1.45 bits per heavy atom. The van der Waals surface area contributed by atoms with E-state index in [1.165, 1.54) is 34.4 Å². The number of rotatable bonds is 7. The van der Waals surface area contributed by atoms with Crippen molar-refractivity contribution >= 4 is 49.8 Å². The van der Waals surface area contributed by atoms with E-state index >= 15 is 0 Å². The lowest BCUT2D eigenvalue weighted by molar-refractivity contribution is 0.211. The van der Waals surface area contributed by atoms with Gasteiger partial charge in [0.1, 0.15) is 10.5 Å². The number of thioether (sulfide) groups is 1. The molecule has 0 bridgehead atoms. The Bertz CT molecular complexity index is 812. The van der Waals surface area contributed by atoms with E-state index in [9.17, 15) is 4.79 Å². The van der Waals surface area contributed by atoms with Crippen molar-refractivity contribution in [2.24, 2.45) is 0 Å². The quantitative estimate of drug-likeness (QED) is 0.496. The molecule has 10 heteroatoms. The highest BCUT2D eigenvalue weighted by Crippen LogP contribution is 2.27. The SMILES string of the molecule is COCCNc1nnc(SCc2nc3ccsc3c(=O)[nH]2)s1. The van der Waals surface area contributed by atoms with Crippen molar-refractivity contribution in [1.82, 2.24) is 20.2 Å². The number of anilines is 1. The normalized spacial score (nSPS) is 11.1. The van der Waals surface area contributed by atoms with Crippen LogP contribution in [0.25, 0.3) is 10.2 Å². The second kappa shape index (κ2) is 7.18. The highest BCUT2D eigenvalue weighted by molar-refractivity contribution is 8.00. The first-order valence-electron chi connectivity index (χ1n) is 6.42. The minimum absolute atomic E-state index is 0.0882. The van der Waals surface area contributed by atoms with E-state index in [-0.39, 0.29) is 5.56 Å². The molecule has 2 N–H and O–H groups in total. The molecule has 0 unspecified atom stereocenters.